The summed E-state index contributed by atoms with van der Waals surface area (Å²) in [6, 6.07) is 1.11. The highest BCUT2D eigenvalue weighted by Gasteiger charge is 2.29. The topological polar surface area (TPSA) is 99.5 Å². The third-order valence-electron chi connectivity index (χ3n) is 3.47. The summed E-state index contributed by atoms with van der Waals surface area (Å²) < 4.78 is 36.3. The Morgan fingerprint density at radius 2 is 1.96 bits per heavy atom. The minimum absolute atomic E-state index is 0.00165. The van der Waals surface area contributed by atoms with Gasteiger partial charge in [-0.3, -0.25) is 4.79 Å². The lowest BCUT2D eigenvalue weighted by Gasteiger charge is -2.11. The second kappa shape index (κ2) is 8.91. The summed E-state index contributed by atoms with van der Waals surface area (Å²) in [4.78, 5) is 37.2. The number of anilines is 1. The van der Waals surface area contributed by atoms with Crippen molar-refractivity contribution >= 4 is 34.2 Å². The van der Waals surface area contributed by atoms with Gasteiger partial charge in [0.25, 0.3) is 5.91 Å². The second-order valence-corrected chi connectivity index (χ2v) is 6.85. The van der Waals surface area contributed by atoms with E-state index in [4.69, 9.17) is 9.47 Å². The third kappa shape index (κ3) is 4.53. The highest BCUT2D eigenvalue weighted by molar-refractivity contribution is 7.18. The fraction of sp³-hybridized carbons (Fsp3) is 0.412. The van der Waals surface area contributed by atoms with Crippen molar-refractivity contribution in [2.75, 3.05) is 11.9 Å². The number of halogens is 2. The molecule has 152 valence electrons. The van der Waals surface area contributed by atoms with Crippen LogP contribution in [0.25, 0.3) is 0 Å². The normalized spacial score (nSPS) is 11.0. The standard InChI is InChI=1S/C17H19F2N3O5S/c1-5-26-16(25)12-9(4)11(15(24)27-8(2)3)14(28-12)21-13(23)10-6-7-20-22(10)17(18)19/h6-8,17H,5H2,1-4H3,(H,21,23). The molecule has 1 amide bonds. The lowest BCUT2D eigenvalue weighted by Crippen LogP contribution is -2.20. The Bertz CT molecular complexity index is 891. The van der Waals surface area contributed by atoms with Crippen LogP contribution in [0, 0.1) is 6.92 Å². The van der Waals surface area contributed by atoms with Crippen LogP contribution in [0.1, 0.15) is 63.4 Å². The van der Waals surface area contributed by atoms with Crippen LogP contribution in [0.4, 0.5) is 13.8 Å². The molecule has 0 aromatic carbocycles. The Morgan fingerprint density at radius 1 is 1.29 bits per heavy atom. The highest BCUT2D eigenvalue weighted by atomic mass is 32.1. The maximum Gasteiger partial charge on any atom is 0.348 e. The van der Waals surface area contributed by atoms with Gasteiger partial charge in [-0.15, -0.1) is 11.3 Å². The average molecular weight is 415 g/mol. The van der Waals surface area contributed by atoms with E-state index in [1.165, 1.54) is 6.92 Å². The minimum atomic E-state index is -3.01. The molecule has 2 aromatic rings. The Balaban J connectivity index is 2.44. The van der Waals surface area contributed by atoms with E-state index in [0.29, 0.717) is 0 Å². The number of aromatic nitrogens is 2. The summed E-state index contributed by atoms with van der Waals surface area (Å²) in [5.74, 6) is -2.33. The number of carbonyl (C=O) groups excluding carboxylic acids is 3. The van der Waals surface area contributed by atoms with Crippen LogP contribution in [-0.2, 0) is 9.47 Å². The van der Waals surface area contributed by atoms with Gasteiger partial charge in [0.1, 0.15) is 15.6 Å². The lowest BCUT2D eigenvalue weighted by molar-refractivity contribution is 0.0378. The molecule has 2 rings (SSSR count). The molecule has 0 saturated carbocycles. The summed E-state index contributed by atoms with van der Waals surface area (Å²) in [6.07, 6.45) is 0.611. The van der Waals surface area contributed by atoms with Crippen molar-refractivity contribution in [3.05, 3.63) is 34.0 Å². The molecule has 0 atom stereocenters. The largest absolute Gasteiger partial charge is 0.462 e. The van der Waals surface area contributed by atoms with E-state index in [2.05, 4.69) is 10.4 Å². The Morgan fingerprint density at radius 3 is 2.54 bits per heavy atom. The zero-order valence-electron chi connectivity index (χ0n) is 15.6. The second-order valence-electron chi connectivity index (χ2n) is 5.83. The lowest BCUT2D eigenvalue weighted by atomic mass is 10.1. The van der Waals surface area contributed by atoms with E-state index in [9.17, 15) is 23.2 Å². The minimum Gasteiger partial charge on any atom is -0.462 e. The highest BCUT2D eigenvalue weighted by Crippen LogP contribution is 2.35. The summed E-state index contributed by atoms with van der Waals surface area (Å²) in [5, 5.41) is 5.79. The van der Waals surface area contributed by atoms with Gasteiger partial charge in [-0.25, -0.2) is 9.59 Å². The number of rotatable bonds is 7. The molecule has 0 fully saturated rings. The number of nitrogens with one attached hydrogen (secondary N) is 1. The number of esters is 2. The fourth-order valence-electron chi connectivity index (χ4n) is 2.33. The molecule has 11 heteroatoms. The summed E-state index contributed by atoms with van der Waals surface area (Å²) in [7, 11) is 0. The van der Waals surface area contributed by atoms with Crippen molar-refractivity contribution < 1.29 is 32.6 Å². The van der Waals surface area contributed by atoms with Crippen LogP contribution in [-0.4, -0.2) is 40.3 Å². The number of thiophene rings is 1. The SMILES string of the molecule is CCOC(=O)c1sc(NC(=O)c2ccnn2C(F)F)c(C(=O)OC(C)C)c1C. The quantitative estimate of drug-likeness (QED) is 0.693. The van der Waals surface area contributed by atoms with Crippen molar-refractivity contribution in [1.82, 2.24) is 9.78 Å². The molecule has 0 radical (unpaired) electrons. The average Bonchev–Trinajstić information content (AvgIpc) is 3.19. The molecule has 28 heavy (non-hydrogen) atoms. The van der Waals surface area contributed by atoms with Crippen LogP contribution in [0.2, 0.25) is 0 Å². The van der Waals surface area contributed by atoms with Crippen molar-refractivity contribution in [2.24, 2.45) is 0 Å². The van der Waals surface area contributed by atoms with Gasteiger partial charge in [0.05, 0.1) is 18.3 Å². The Labute approximate surface area is 163 Å². The fourth-order valence-corrected chi connectivity index (χ4v) is 3.41. The molecule has 0 saturated heterocycles. The molecule has 2 aromatic heterocycles. The Kier molecular flexibility index (Phi) is 6.84. The van der Waals surface area contributed by atoms with E-state index < -0.39 is 36.2 Å². The zero-order valence-corrected chi connectivity index (χ0v) is 16.4. The molecule has 0 unspecified atom stereocenters. The predicted molar refractivity (Wildman–Crippen MR) is 97.0 cm³/mol. The van der Waals surface area contributed by atoms with E-state index in [1.807, 2.05) is 0 Å². The first kappa shape index (κ1) is 21.5. The van der Waals surface area contributed by atoms with E-state index >= 15 is 0 Å². The van der Waals surface area contributed by atoms with Gasteiger partial charge >= 0.3 is 18.5 Å². The number of carbonyl (C=O) groups is 3. The van der Waals surface area contributed by atoms with E-state index in [1.54, 1.807) is 20.8 Å². The number of alkyl halides is 2. The molecular weight excluding hydrogens is 396 g/mol. The molecule has 0 spiro atoms. The molecule has 1 N–H and O–H groups in total. The first-order valence-corrected chi connectivity index (χ1v) is 9.13. The van der Waals surface area contributed by atoms with E-state index in [-0.39, 0.29) is 32.3 Å². The van der Waals surface area contributed by atoms with Gasteiger partial charge in [0.2, 0.25) is 0 Å². The molecule has 0 aliphatic carbocycles. The summed E-state index contributed by atoms with van der Waals surface area (Å²) in [6.45, 7) is 3.54. The monoisotopic (exact) mass is 415 g/mol. The van der Waals surface area contributed by atoms with Crippen LogP contribution in [0.15, 0.2) is 12.3 Å². The summed E-state index contributed by atoms with van der Waals surface area (Å²) >= 11 is 0.805. The van der Waals surface area contributed by atoms with Crippen LogP contribution in [0.3, 0.4) is 0 Å². The predicted octanol–water partition coefficient (Wildman–Crippen LogP) is 3.64. The van der Waals surface area contributed by atoms with Crippen LogP contribution in [0.5, 0.6) is 0 Å². The first-order valence-electron chi connectivity index (χ1n) is 8.31. The zero-order chi connectivity index (χ0) is 21.0. The molecule has 2 heterocycles. The maximum atomic E-state index is 13.0. The molecule has 0 aliphatic rings. The molecule has 0 bridgehead atoms. The smallest absolute Gasteiger partial charge is 0.348 e. The van der Waals surface area contributed by atoms with Crippen LogP contribution < -0.4 is 5.32 Å². The van der Waals surface area contributed by atoms with Gasteiger partial charge in [0, 0.05) is 6.20 Å². The first-order chi connectivity index (χ1) is 13.2. The van der Waals surface area contributed by atoms with E-state index in [0.717, 1.165) is 23.6 Å². The number of nitrogens with zero attached hydrogens (tertiary/aromatic N) is 2. The van der Waals surface area contributed by atoms with Crippen LogP contribution >= 0.6 is 11.3 Å². The molecular formula is C17H19F2N3O5S. The molecule has 0 aliphatic heterocycles. The van der Waals surface area contributed by atoms with Crippen molar-refractivity contribution in [2.45, 2.75) is 40.3 Å². The number of hydrogen-bond donors (Lipinski definition) is 1. The van der Waals surface area contributed by atoms with Crippen molar-refractivity contribution in [1.29, 1.82) is 0 Å². The number of amides is 1. The molecule has 8 nitrogen and oxygen atoms in total. The van der Waals surface area contributed by atoms with Gasteiger partial charge in [0.15, 0.2) is 0 Å². The third-order valence-corrected chi connectivity index (χ3v) is 4.66. The number of ether oxygens (including phenoxy) is 2. The van der Waals surface area contributed by atoms with Gasteiger partial charge in [-0.1, -0.05) is 0 Å². The van der Waals surface area contributed by atoms with Gasteiger partial charge in [-0.05, 0) is 39.3 Å². The van der Waals surface area contributed by atoms with Crippen molar-refractivity contribution in [3.8, 4) is 0 Å². The van der Waals surface area contributed by atoms with Crippen molar-refractivity contribution in [3.63, 3.8) is 0 Å². The van der Waals surface area contributed by atoms with Gasteiger partial charge in [-0.2, -0.15) is 18.6 Å². The summed E-state index contributed by atoms with van der Waals surface area (Å²) in [5.41, 5.74) is -0.160. The number of hydrogen-bond acceptors (Lipinski definition) is 7. The Hall–Kier alpha value is -2.82. The maximum absolute atomic E-state index is 13.0. The van der Waals surface area contributed by atoms with Gasteiger partial charge < -0.3 is 14.8 Å².